The molecule has 5 nitrogen and oxygen atoms in total. The molecule has 0 saturated heterocycles. The first kappa shape index (κ1) is 21.1. The van der Waals surface area contributed by atoms with Crippen molar-refractivity contribution < 1.29 is 13.2 Å². The third-order valence-electron chi connectivity index (χ3n) is 4.39. The average molecular weight is 389 g/mol. The first-order chi connectivity index (χ1) is 12.8. The van der Waals surface area contributed by atoms with E-state index >= 15 is 0 Å². The molecule has 1 atom stereocenters. The Kier molecular flexibility index (Phi) is 7.56. The van der Waals surface area contributed by atoms with Gasteiger partial charge in [-0.25, -0.2) is 13.1 Å². The highest BCUT2D eigenvalue weighted by Gasteiger charge is 2.17. The van der Waals surface area contributed by atoms with Crippen molar-refractivity contribution in [3.8, 4) is 0 Å². The molecule has 0 aromatic heterocycles. The van der Waals surface area contributed by atoms with E-state index in [0.29, 0.717) is 5.56 Å². The number of nitrogens with one attached hydrogen (secondary N) is 2. The monoisotopic (exact) mass is 388 g/mol. The smallest absolute Gasteiger partial charge is 0.240 e. The molecular weight excluding hydrogens is 360 g/mol. The van der Waals surface area contributed by atoms with Gasteiger partial charge in [0.2, 0.25) is 15.9 Å². The highest BCUT2D eigenvalue weighted by atomic mass is 32.2. The van der Waals surface area contributed by atoms with E-state index in [9.17, 15) is 13.2 Å². The Morgan fingerprint density at radius 1 is 1.07 bits per heavy atom. The largest absolute Gasteiger partial charge is 0.354 e. The molecule has 2 aromatic carbocycles. The third-order valence-corrected chi connectivity index (χ3v) is 6.00. The maximum Gasteiger partial charge on any atom is 0.240 e. The van der Waals surface area contributed by atoms with Crippen LogP contribution in [0.1, 0.15) is 36.5 Å². The fourth-order valence-corrected chi connectivity index (χ4v) is 4.18. The second-order valence-corrected chi connectivity index (χ2v) is 8.64. The maximum atomic E-state index is 12.4. The number of hydrogen-bond acceptors (Lipinski definition) is 3. The topological polar surface area (TPSA) is 75.3 Å². The van der Waals surface area contributed by atoms with Gasteiger partial charge in [-0.1, -0.05) is 42.5 Å². The number of benzene rings is 2. The van der Waals surface area contributed by atoms with Gasteiger partial charge < -0.3 is 5.32 Å². The number of rotatable bonds is 9. The minimum Gasteiger partial charge on any atom is -0.354 e. The molecule has 0 heterocycles. The summed E-state index contributed by atoms with van der Waals surface area (Å²) < 4.78 is 27.4. The molecule has 2 N–H and O–H groups in total. The molecule has 1 unspecified atom stereocenters. The van der Waals surface area contributed by atoms with Gasteiger partial charge in [-0.05, 0) is 56.4 Å². The summed E-state index contributed by atoms with van der Waals surface area (Å²) in [4.78, 5) is 12.3. The van der Waals surface area contributed by atoms with Gasteiger partial charge in [-0.15, -0.1) is 0 Å². The summed E-state index contributed by atoms with van der Waals surface area (Å²) in [5.41, 5.74) is 2.80. The van der Waals surface area contributed by atoms with Crippen LogP contribution in [0.3, 0.4) is 0 Å². The molecular formula is C21H28N2O3S. The van der Waals surface area contributed by atoms with Crippen LogP contribution in [0.2, 0.25) is 0 Å². The Balaban J connectivity index is 1.77. The molecule has 0 saturated carbocycles. The van der Waals surface area contributed by atoms with Crippen LogP contribution in [0.4, 0.5) is 0 Å². The van der Waals surface area contributed by atoms with Crippen LogP contribution in [0.15, 0.2) is 53.4 Å². The van der Waals surface area contributed by atoms with E-state index in [2.05, 4.69) is 22.2 Å². The van der Waals surface area contributed by atoms with Gasteiger partial charge in [0.05, 0.1) is 4.90 Å². The van der Waals surface area contributed by atoms with Gasteiger partial charge in [-0.3, -0.25) is 4.79 Å². The zero-order valence-corrected chi connectivity index (χ0v) is 17.0. The molecule has 0 bridgehead atoms. The van der Waals surface area contributed by atoms with E-state index < -0.39 is 10.0 Å². The SMILES string of the molecule is Cc1ccc(C)c(S(=O)(=O)NCCC(=O)NC(C)CCc2ccccc2)c1. The highest BCUT2D eigenvalue weighted by Crippen LogP contribution is 2.16. The van der Waals surface area contributed by atoms with Gasteiger partial charge in [0.15, 0.2) is 0 Å². The van der Waals surface area contributed by atoms with Crippen molar-refractivity contribution in [1.82, 2.24) is 10.0 Å². The summed E-state index contributed by atoms with van der Waals surface area (Å²) in [7, 11) is -3.61. The Morgan fingerprint density at radius 3 is 2.48 bits per heavy atom. The van der Waals surface area contributed by atoms with Crippen molar-refractivity contribution in [3.05, 3.63) is 65.2 Å². The molecule has 2 rings (SSSR count). The van der Waals surface area contributed by atoms with Crippen LogP contribution in [-0.4, -0.2) is 26.9 Å². The molecule has 0 aliphatic carbocycles. The normalized spacial score (nSPS) is 12.6. The maximum absolute atomic E-state index is 12.4. The number of carbonyl (C=O) groups excluding carboxylic acids is 1. The summed E-state index contributed by atoms with van der Waals surface area (Å²) in [6.45, 7) is 5.64. The van der Waals surface area contributed by atoms with Gasteiger partial charge in [0.25, 0.3) is 0 Å². The lowest BCUT2D eigenvalue weighted by atomic mass is 10.1. The van der Waals surface area contributed by atoms with E-state index in [1.807, 2.05) is 38.1 Å². The van der Waals surface area contributed by atoms with Gasteiger partial charge in [0, 0.05) is 19.0 Å². The second-order valence-electron chi connectivity index (χ2n) is 6.91. The van der Waals surface area contributed by atoms with Crippen LogP contribution in [0.5, 0.6) is 0 Å². The molecule has 0 radical (unpaired) electrons. The number of carbonyl (C=O) groups is 1. The van der Waals surface area contributed by atoms with E-state index in [1.165, 1.54) is 5.56 Å². The molecule has 27 heavy (non-hydrogen) atoms. The first-order valence-corrected chi connectivity index (χ1v) is 10.7. The fourth-order valence-electron chi connectivity index (χ4n) is 2.82. The highest BCUT2D eigenvalue weighted by molar-refractivity contribution is 7.89. The lowest BCUT2D eigenvalue weighted by Crippen LogP contribution is -2.35. The van der Waals surface area contributed by atoms with Crippen LogP contribution in [0, 0.1) is 13.8 Å². The molecule has 2 aromatic rings. The summed E-state index contributed by atoms with van der Waals surface area (Å²) >= 11 is 0. The van der Waals surface area contributed by atoms with E-state index in [0.717, 1.165) is 18.4 Å². The van der Waals surface area contributed by atoms with Crippen molar-refractivity contribution in [2.45, 2.75) is 51.0 Å². The minimum atomic E-state index is -3.61. The summed E-state index contributed by atoms with van der Waals surface area (Å²) in [6, 6.07) is 15.4. The summed E-state index contributed by atoms with van der Waals surface area (Å²) in [6.07, 6.45) is 1.84. The molecule has 1 amide bonds. The molecule has 0 fully saturated rings. The second kappa shape index (κ2) is 9.67. The summed E-state index contributed by atoms with van der Waals surface area (Å²) in [5.74, 6) is -0.153. The van der Waals surface area contributed by atoms with E-state index in [4.69, 9.17) is 0 Å². The number of amides is 1. The minimum absolute atomic E-state index is 0.0355. The lowest BCUT2D eigenvalue weighted by Gasteiger charge is -2.14. The average Bonchev–Trinajstić information content (AvgIpc) is 2.62. The van der Waals surface area contributed by atoms with Crippen molar-refractivity contribution in [1.29, 1.82) is 0 Å². The van der Waals surface area contributed by atoms with E-state index in [1.54, 1.807) is 19.1 Å². The zero-order chi connectivity index (χ0) is 19.9. The Hall–Kier alpha value is -2.18. The van der Waals surface area contributed by atoms with Gasteiger partial charge in [-0.2, -0.15) is 0 Å². The number of aryl methyl sites for hydroxylation is 3. The first-order valence-electron chi connectivity index (χ1n) is 9.18. The standard InChI is InChI=1S/C21H28N2O3S/c1-16-9-10-17(2)20(15-16)27(25,26)22-14-13-21(24)23-18(3)11-12-19-7-5-4-6-8-19/h4-10,15,18,22H,11-14H2,1-3H3,(H,23,24). The van der Waals surface area contributed by atoms with Crippen molar-refractivity contribution in [2.24, 2.45) is 0 Å². The quantitative estimate of drug-likeness (QED) is 0.693. The predicted molar refractivity (Wildman–Crippen MR) is 108 cm³/mol. The third kappa shape index (κ3) is 6.81. The van der Waals surface area contributed by atoms with Crippen molar-refractivity contribution in [3.63, 3.8) is 0 Å². The lowest BCUT2D eigenvalue weighted by molar-refractivity contribution is -0.121. The van der Waals surface area contributed by atoms with Crippen LogP contribution >= 0.6 is 0 Å². The molecule has 0 spiro atoms. The Labute approximate surface area is 162 Å². The Bertz CT molecular complexity index is 864. The van der Waals surface area contributed by atoms with Crippen LogP contribution in [0.25, 0.3) is 0 Å². The van der Waals surface area contributed by atoms with Gasteiger partial charge >= 0.3 is 0 Å². The van der Waals surface area contributed by atoms with Crippen molar-refractivity contribution in [2.75, 3.05) is 6.54 Å². The van der Waals surface area contributed by atoms with Crippen LogP contribution in [-0.2, 0) is 21.2 Å². The molecule has 0 aliphatic heterocycles. The fraction of sp³-hybridized carbons (Fsp3) is 0.381. The van der Waals surface area contributed by atoms with Crippen LogP contribution < -0.4 is 10.0 Å². The molecule has 146 valence electrons. The predicted octanol–water partition coefficient (Wildman–Crippen LogP) is 3.11. The molecule has 6 heteroatoms. The Morgan fingerprint density at radius 2 is 1.78 bits per heavy atom. The molecule has 0 aliphatic rings. The number of hydrogen-bond donors (Lipinski definition) is 2. The summed E-state index contributed by atoms with van der Waals surface area (Å²) in [5, 5.41) is 2.92. The zero-order valence-electron chi connectivity index (χ0n) is 16.2. The number of sulfonamides is 1. The van der Waals surface area contributed by atoms with Gasteiger partial charge in [0.1, 0.15) is 0 Å². The van der Waals surface area contributed by atoms with Crippen molar-refractivity contribution >= 4 is 15.9 Å². The van der Waals surface area contributed by atoms with E-state index in [-0.39, 0.29) is 29.8 Å².